The van der Waals surface area contributed by atoms with Crippen LogP contribution < -0.4 is 5.73 Å². The predicted molar refractivity (Wildman–Crippen MR) is 55.2 cm³/mol. The molecule has 4 nitrogen and oxygen atoms in total. The number of amides is 1. The Labute approximate surface area is 84.4 Å². The molecule has 5 heteroatoms. The van der Waals surface area contributed by atoms with Crippen molar-refractivity contribution >= 4 is 15.6 Å². The number of nitrogens with two attached hydrogens (primary N) is 1. The summed E-state index contributed by atoms with van der Waals surface area (Å²) >= 11 is 0. The Bertz CT molecular complexity index is 340. The Kier molecular flexibility index (Phi) is 2.62. The molecule has 0 aromatic heterocycles. The molecular formula is C9H16N2O2S. The lowest BCUT2D eigenvalue weighted by molar-refractivity contribution is -0.124. The number of carbonyl (C=O) groups is 1. The molecule has 0 aromatic carbocycles. The maximum atomic E-state index is 11.9. The highest BCUT2D eigenvalue weighted by Gasteiger charge is 2.33. The molecule has 14 heavy (non-hydrogen) atoms. The second kappa shape index (κ2) is 3.62. The SMILES string of the molecule is NC1CC(C(=O)N=S2(=O)CCCC2)C1. The lowest BCUT2D eigenvalue weighted by Crippen LogP contribution is -2.40. The van der Waals surface area contributed by atoms with E-state index in [1.165, 1.54) is 0 Å². The minimum absolute atomic E-state index is 0.0380. The third kappa shape index (κ3) is 1.98. The molecule has 2 fully saturated rings. The van der Waals surface area contributed by atoms with Crippen molar-refractivity contribution in [2.24, 2.45) is 16.0 Å². The zero-order valence-corrected chi connectivity index (χ0v) is 8.96. The molecule has 1 amide bonds. The summed E-state index contributed by atoms with van der Waals surface area (Å²) in [6.45, 7) is 0. The van der Waals surface area contributed by atoms with Crippen LogP contribution in [0, 0.1) is 5.92 Å². The first kappa shape index (κ1) is 10.1. The fraction of sp³-hybridized carbons (Fsp3) is 0.889. The highest BCUT2D eigenvalue weighted by atomic mass is 32.2. The van der Waals surface area contributed by atoms with Crippen LogP contribution >= 0.6 is 0 Å². The smallest absolute Gasteiger partial charge is 0.256 e. The molecule has 80 valence electrons. The fourth-order valence-corrected chi connectivity index (χ4v) is 4.12. The Balaban J connectivity index is 2.03. The van der Waals surface area contributed by atoms with E-state index in [1.54, 1.807) is 0 Å². The summed E-state index contributed by atoms with van der Waals surface area (Å²) in [4.78, 5) is 11.5. The van der Waals surface area contributed by atoms with Crippen molar-refractivity contribution in [3.8, 4) is 0 Å². The van der Waals surface area contributed by atoms with Crippen molar-refractivity contribution in [2.45, 2.75) is 31.7 Å². The first-order valence-corrected chi connectivity index (χ1v) is 6.96. The monoisotopic (exact) mass is 216 g/mol. The molecule has 1 heterocycles. The molecule has 0 aromatic rings. The first-order valence-electron chi connectivity index (χ1n) is 5.11. The molecule has 0 spiro atoms. The van der Waals surface area contributed by atoms with Crippen molar-refractivity contribution in [3.63, 3.8) is 0 Å². The average Bonchev–Trinajstić information content (AvgIpc) is 2.46. The van der Waals surface area contributed by atoms with Gasteiger partial charge in [0.15, 0.2) is 0 Å². The predicted octanol–water partition coefficient (Wildman–Crippen LogP) is 0.512. The van der Waals surface area contributed by atoms with Gasteiger partial charge in [0.25, 0.3) is 5.91 Å². The molecule has 1 saturated heterocycles. The van der Waals surface area contributed by atoms with Crippen LogP contribution in [0.4, 0.5) is 0 Å². The van der Waals surface area contributed by atoms with E-state index in [0.717, 1.165) is 25.7 Å². The normalized spacial score (nSPS) is 34.9. The van der Waals surface area contributed by atoms with Crippen LogP contribution in [-0.4, -0.2) is 27.7 Å². The Morgan fingerprint density at radius 1 is 1.29 bits per heavy atom. The number of carbonyl (C=O) groups excluding carboxylic acids is 1. The summed E-state index contributed by atoms with van der Waals surface area (Å²) < 4.78 is 15.8. The summed E-state index contributed by atoms with van der Waals surface area (Å²) in [5, 5.41) is 0. The van der Waals surface area contributed by atoms with E-state index >= 15 is 0 Å². The van der Waals surface area contributed by atoms with Gasteiger partial charge in [0.05, 0.1) is 9.73 Å². The van der Waals surface area contributed by atoms with E-state index < -0.39 is 9.73 Å². The topological polar surface area (TPSA) is 72.5 Å². The highest BCUT2D eigenvalue weighted by molar-refractivity contribution is 7.94. The molecule has 0 atom stereocenters. The molecule has 0 bridgehead atoms. The second-order valence-electron chi connectivity index (χ2n) is 4.25. The molecule has 2 rings (SSSR count). The summed E-state index contributed by atoms with van der Waals surface area (Å²) in [7, 11) is -2.16. The Morgan fingerprint density at radius 2 is 1.86 bits per heavy atom. The maximum absolute atomic E-state index is 11.9. The average molecular weight is 216 g/mol. The van der Waals surface area contributed by atoms with Crippen LogP contribution in [-0.2, 0) is 14.5 Å². The van der Waals surface area contributed by atoms with E-state index in [-0.39, 0.29) is 17.9 Å². The highest BCUT2D eigenvalue weighted by Crippen LogP contribution is 2.27. The molecule has 1 saturated carbocycles. The first-order chi connectivity index (χ1) is 6.59. The van der Waals surface area contributed by atoms with Gasteiger partial charge in [-0.15, -0.1) is 0 Å². The molecule has 2 aliphatic rings. The summed E-state index contributed by atoms with van der Waals surface area (Å²) in [5.74, 6) is 1.01. The van der Waals surface area contributed by atoms with E-state index in [4.69, 9.17) is 5.73 Å². The minimum atomic E-state index is -2.16. The lowest BCUT2D eigenvalue weighted by atomic mass is 9.80. The van der Waals surface area contributed by atoms with E-state index in [0.29, 0.717) is 11.5 Å². The van der Waals surface area contributed by atoms with Crippen LogP contribution in [0.1, 0.15) is 25.7 Å². The van der Waals surface area contributed by atoms with Gasteiger partial charge in [0, 0.05) is 23.5 Å². The zero-order chi connectivity index (χ0) is 10.2. The second-order valence-corrected chi connectivity index (χ2v) is 6.79. The quantitative estimate of drug-likeness (QED) is 0.694. The molecule has 2 N–H and O–H groups in total. The maximum Gasteiger partial charge on any atom is 0.256 e. The third-order valence-electron chi connectivity index (χ3n) is 2.96. The van der Waals surface area contributed by atoms with Crippen molar-refractivity contribution in [3.05, 3.63) is 0 Å². The van der Waals surface area contributed by atoms with Crippen molar-refractivity contribution < 1.29 is 9.00 Å². The van der Waals surface area contributed by atoms with Crippen LogP contribution in [0.2, 0.25) is 0 Å². The van der Waals surface area contributed by atoms with E-state index in [1.807, 2.05) is 0 Å². The van der Waals surface area contributed by atoms with Gasteiger partial charge < -0.3 is 5.73 Å². The molecule has 0 unspecified atom stereocenters. The van der Waals surface area contributed by atoms with Gasteiger partial charge in [-0.2, -0.15) is 4.36 Å². The van der Waals surface area contributed by atoms with Crippen molar-refractivity contribution in [2.75, 3.05) is 11.5 Å². The van der Waals surface area contributed by atoms with Crippen LogP contribution in [0.3, 0.4) is 0 Å². The van der Waals surface area contributed by atoms with Gasteiger partial charge in [0.1, 0.15) is 0 Å². The fourth-order valence-electron chi connectivity index (χ4n) is 1.95. The molecule has 1 aliphatic carbocycles. The number of hydrogen-bond donors (Lipinski definition) is 1. The number of rotatable bonds is 1. The van der Waals surface area contributed by atoms with Crippen LogP contribution in [0.5, 0.6) is 0 Å². The van der Waals surface area contributed by atoms with Gasteiger partial charge in [0.2, 0.25) is 0 Å². The molecular weight excluding hydrogens is 200 g/mol. The lowest BCUT2D eigenvalue weighted by Gasteiger charge is -2.29. The minimum Gasteiger partial charge on any atom is -0.328 e. The van der Waals surface area contributed by atoms with Crippen LogP contribution in [0.15, 0.2) is 4.36 Å². The zero-order valence-electron chi connectivity index (χ0n) is 8.15. The van der Waals surface area contributed by atoms with Crippen molar-refractivity contribution in [1.29, 1.82) is 0 Å². The van der Waals surface area contributed by atoms with Gasteiger partial charge in [-0.1, -0.05) is 0 Å². The molecule has 1 aliphatic heterocycles. The van der Waals surface area contributed by atoms with E-state index in [2.05, 4.69) is 4.36 Å². The number of nitrogens with zero attached hydrogens (tertiary/aromatic N) is 1. The summed E-state index contributed by atoms with van der Waals surface area (Å²) in [6, 6.07) is 0.153. The Hall–Kier alpha value is -0.420. The van der Waals surface area contributed by atoms with Gasteiger partial charge in [-0.3, -0.25) is 4.79 Å². The third-order valence-corrected chi connectivity index (χ3v) is 5.32. The van der Waals surface area contributed by atoms with Crippen molar-refractivity contribution in [1.82, 2.24) is 0 Å². The van der Waals surface area contributed by atoms with Gasteiger partial charge in [-0.25, -0.2) is 4.21 Å². The Morgan fingerprint density at radius 3 is 2.36 bits per heavy atom. The molecule has 0 radical (unpaired) electrons. The van der Waals surface area contributed by atoms with E-state index in [9.17, 15) is 9.00 Å². The standard InChI is InChI=1S/C9H16N2O2S/c10-8-5-7(6-8)9(12)11-14(13)3-1-2-4-14/h7-8H,1-6,10H2. The van der Waals surface area contributed by atoms with Gasteiger partial charge in [-0.05, 0) is 25.7 Å². The largest absolute Gasteiger partial charge is 0.328 e. The summed E-state index contributed by atoms with van der Waals surface area (Å²) in [6.07, 6.45) is 3.33. The van der Waals surface area contributed by atoms with Gasteiger partial charge >= 0.3 is 0 Å². The number of hydrogen-bond acceptors (Lipinski definition) is 3. The summed E-state index contributed by atoms with van der Waals surface area (Å²) in [5.41, 5.74) is 5.58. The van der Waals surface area contributed by atoms with Crippen LogP contribution in [0.25, 0.3) is 0 Å².